The molecule has 1 heterocycles. The van der Waals surface area contributed by atoms with Gasteiger partial charge in [-0.3, -0.25) is 0 Å². The number of hydrogen-bond acceptors (Lipinski definition) is 3. The van der Waals surface area contributed by atoms with E-state index in [4.69, 9.17) is 14.6 Å². The predicted octanol–water partition coefficient (Wildman–Crippen LogP) is 3.37. The van der Waals surface area contributed by atoms with Crippen molar-refractivity contribution in [2.45, 2.75) is 25.4 Å². The Balaban J connectivity index is 1.85. The number of amides is 1. The summed E-state index contributed by atoms with van der Waals surface area (Å²) in [6.45, 7) is 1.76. The molecule has 1 atom stereocenters. The highest BCUT2D eigenvalue weighted by Crippen LogP contribution is 2.22. The maximum absolute atomic E-state index is 11.0. The van der Waals surface area contributed by atoms with Gasteiger partial charge in [-0.25, -0.2) is 4.79 Å². The van der Waals surface area contributed by atoms with Crippen molar-refractivity contribution in [3.8, 4) is 11.5 Å². The van der Waals surface area contributed by atoms with Crippen molar-refractivity contribution in [2.75, 3.05) is 25.0 Å². The lowest BCUT2D eigenvalue weighted by atomic mass is 10.1. The Labute approximate surface area is 133 Å². The van der Waals surface area contributed by atoms with Crippen LogP contribution in [0.4, 0.5) is 4.79 Å². The molecule has 0 aliphatic carbocycles. The van der Waals surface area contributed by atoms with Gasteiger partial charge in [-0.05, 0) is 37.1 Å². The van der Waals surface area contributed by atoms with E-state index in [9.17, 15) is 4.79 Å². The first kappa shape index (κ1) is 15.9. The fourth-order valence-electron chi connectivity index (χ4n) is 2.34. The molecule has 1 aromatic rings. The SMILES string of the molecule is O=C(O)N1CCCC(Oc2ccc(OCCBr)cc2)CC1. The minimum Gasteiger partial charge on any atom is -0.493 e. The van der Waals surface area contributed by atoms with Crippen LogP contribution in [-0.4, -0.2) is 47.2 Å². The van der Waals surface area contributed by atoms with E-state index in [1.165, 1.54) is 4.90 Å². The molecule has 6 heteroatoms. The number of rotatable bonds is 5. The second-order valence-electron chi connectivity index (χ2n) is 4.95. The summed E-state index contributed by atoms with van der Waals surface area (Å²) >= 11 is 3.31. The van der Waals surface area contributed by atoms with E-state index in [-0.39, 0.29) is 6.10 Å². The molecule has 1 saturated heterocycles. The first-order chi connectivity index (χ1) is 10.2. The lowest BCUT2D eigenvalue weighted by molar-refractivity contribution is 0.142. The smallest absolute Gasteiger partial charge is 0.407 e. The van der Waals surface area contributed by atoms with E-state index in [0.717, 1.165) is 36.1 Å². The number of hydrogen-bond donors (Lipinski definition) is 1. The Morgan fingerprint density at radius 2 is 1.95 bits per heavy atom. The third-order valence-corrected chi connectivity index (χ3v) is 3.74. The molecule has 5 nitrogen and oxygen atoms in total. The molecule has 1 N–H and O–H groups in total. The van der Waals surface area contributed by atoms with Gasteiger partial charge in [-0.15, -0.1) is 0 Å². The summed E-state index contributed by atoms with van der Waals surface area (Å²) < 4.78 is 11.4. The third kappa shape index (κ3) is 5.12. The van der Waals surface area contributed by atoms with Gasteiger partial charge < -0.3 is 19.5 Å². The van der Waals surface area contributed by atoms with E-state index in [1.54, 1.807) is 0 Å². The number of nitrogens with zero attached hydrogens (tertiary/aromatic N) is 1. The van der Waals surface area contributed by atoms with Crippen molar-refractivity contribution in [3.05, 3.63) is 24.3 Å². The number of alkyl halides is 1. The molecular formula is C15H20BrNO4. The molecule has 2 rings (SSSR count). The number of carboxylic acid groups (broad SMARTS) is 1. The molecule has 1 unspecified atom stereocenters. The summed E-state index contributed by atoms with van der Waals surface area (Å²) in [5.74, 6) is 1.62. The molecule has 0 aromatic heterocycles. The molecule has 0 radical (unpaired) electrons. The number of likely N-dealkylation sites (tertiary alicyclic amines) is 1. The monoisotopic (exact) mass is 357 g/mol. The van der Waals surface area contributed by atoms with E-state index >= 15 is 0 Å². The van der Waals surface area contributed by atoms with Crippen molar-refractivity contribution in [1.82, 2.24) is 4.90 Å². The Morgan fingerprint density at radius 1 is 1.24 bits per heavy atom. The fraction of sp³-hybridized carbons (Fsp3) is 0.533. The van der Waals surface area contributed by atoms with E-state index in [0.29, 0.717) is 19.7 Å². The van der Waals surface area contributed by atoms with Gasteiger partial charge in [-0.1, -0.05) is 15.9 Å². The summed E-state index contributed by atoms with van der Waals surface area (Å²) in [6.07, 6.45) is 1.68. The summed E-state index contributed by atoms with van der Waals surface area (Å²) in [4.78, 5) is 12.4. The van der Waals surface area contributed by atoms with E-state index in [2.05, 4.69) is 15.9 Å². The lowest BCUT2D eigenvalue weighted by Gasteiger charge is -2.18. The summed E-state index contributed by atoms with van der Waals surface area (Å²) in [5.41, 5.74) is 0. The average Bonchev–Trinajstić information content (AvgIpc) is 2.72. The zero-order chi connectivity index (χ0) is 15.1. The van der Waals surface area contributed by atoms with Crippen LogP contribution in [-0.2, 0) is 0 Å². The highest BCUT2D eigenvalue weighted by atomic mass is 79.9. The molecule has 0 bridgehead atoms. The topological polar surface area (TPSA) is 59.0 Å². The van der Waals surface area contributed by atoms with Crippen LogP contribution in [0.5, 0.6) is 11.5 Å². The van der Waals surface area contributed by atoms with Crippen LogP contribution in [0.3, 0.4) is 0 Å². The molecule has 1 amide bonds. The third-order valence-electron chi connectivity index (χ3n) is 3.42. The van der Waals surface area contributed by atoms with Crippen LogP contribution >= 0.6 is 15.9 Å². The largest absolute Gasteiger partial charge is 0.493 e. The van der Waals surface area contributed by atoms with Gasteiger partial charge in [0.25, 0.3) is 0 Å². The van der Waals surface area contributed by atoms with Crippen LogP contribution in [0, 0.1) is 0 Å². The fourth-order valence-corrected chi connectivity index (χ4v) is 2.50. The number of carbonyl (C=O) groups is 1. The molecular weight excluding hydrogens is 338 g/mol. The predicted molar refractivity (Wildman–Crippen MR) is 83.6 cm³/mol. The van der Waals surface area contributed by atoms with Crippen molar-refractivity contribution < 1.29 is 19.4 Å². The first-order valence-corrected chi connectivity index (χ1v) is 8.24. The Kier molecular flexibility index (Phi) is 6.17. The minimum atomic E-state index is -0.844. The highest BCUT2D eigenvalue weighted by molar-refractivity contribution is 9.09. The molecule has 0 saturated carbocycles. The Bertz CT molecular complexity index is 451. The van der Waals surface area contributed by atoms with Crippen LogP contribution in [0.2, 0.25) is 0 Å². The maximum atomic E-state index is 11.0. The second-order valence-corrected chi connectivity index (χ2v) is 5.74. The van der Waals surface area contributed by atoms with Gasteiger partial charge in [0.2, 0.25) is 0 Å². The summed E-state index contributed by atoms with van der Waals surface area (Å²) in [7, 11) is 0. The van der Waals surface area contributed by atoms with E-state index in [1.807, 2.05) is 24.3 Å². The van der Waals surface area contributed by atoms with Gasteiger partial charge in [-0.2, -0.15) is 0 Å². The second kappa shape index (κ2) is 8.12. The number of benzene rings is 1. The lowest BCUT2D eigenvalue weighted by Crippen LogP contribution is -2.30. The van der Waals surface area contributed by atoms with Gasteiger partial charge in [0, 0.05) is 24.8 Å². The van der Waals surface area contributed by atoms with Gasteiger partial charge in [0.1, 0.15) is 17.6 Å². The van der Waals surface area contributed by atoms with Crippen LogP contribution < -0.4 is 9.47 Å². The van der Waals surface area contributed by atoms with Crippen LogP contribution in [0.1, 0.15) is 19.3 Å². The maximum Gasteiger partial charge on any atom is 0.407 e. The summed E-state index contributed by atoms with van der Waals surface area (Å²) in [5, 5.41) is 9.81. The van der Waals surface area contributed by atoms with Gasteiger partial charge >= 0.3 is 6.09 Å². The average molecular weight is 358 g/mol. The molecule has 21 heavy (non-hydrogen) atoms. The van der Waals surface area contributed by atoms with Crippen molar-refractivity contribution in [2.24, 2.45) is 0 Å². The van der Waals surface area contributed by atoms with Gasteiger partial charge in [0.05, 0.1) is 6.61 Å². The standard InChI is InChI=1S/C15H20BrNO4/c16-8-11-20-12-3-5-14(6-4-12)21-13-2-1-9-17(10-7-13)15(18)19/h3-6,13H,1-2,7-11H2,(H,18,19). The first-order valence-electron chi connectivity index (χ1n) is 7.12. The van der Waals surface area contributed by atoms with Crippen molar-refractivity contribution in [3.63, 3.8) is 0 Å². The van der Waals surface area contributed by atoms with Crippen molar-refractivity contribution in [1.29, 1.82) is 0 Å². The van der Waals surface area contributed by atoms with Crippen molar-refractivity contribution >= 4 is 22.0 Å². The minimum absolute atomic E-state index is 0.0728. The van der Waals surface area contributed by atoms with E-state index < -0.39 is 6.09 Å². The molecule has 0 spiro atoms. The molecule has 116 valence electrons. The zero-order valence-corrected chi connectivity index (χ0v) is 13.4. The molecule has 1 fully saturated rings. The highest BCUT2D eigenvalue weighted by Gasteiger charge is 2.20. The Morgan fingerprint density at radius 3 is 2.62 bits per heavy atom. The van der Waals surface area contributed by atoms with Gasteiger partial charge in [0.15, 0.2) is 0 Å². The quantitative estimate of drug-likeness (QED) is 0.820. The molecule has 1 aliphatic rings. The number of ether oxygens (including phenoxy) is 2. The normalized spacial score (nSPS) is 18.9. The molecule has 1 aliphatic heterocycles. The molecule has 1 aromatic carbocycles. The Hall–Kier alpha value is -1.43. The number of halogens is 1. The van der Waals surface area contributed by atoms with Crippen LogP contribution in [0.25, 0.3) is 0 Å². The zero-order valence-electron chi connectivity index (χ0n) is 11.8. The van der Waals surface area contributed by atoms with Crippen LogP contribution in [0.15, 0.2) is 24.3 Å². The summed E-state index contributed by atoms with van der Waals surface area (Å²) in [6, 6.07) is 7.56.